The number of aromatic nitrogens is 3. The number of unbranched alkanes of at least 4 members (excludes halogenated alkanes) is 1. The van der Waals surface area contributed by atoms with Crippen molar-refractivity contribution in [1.82, 2.24) is 19.4 Å². The number of para-hydroxylation sites is 1. The van der Waals surface area contributed by atoms with Crippen LogP contribution in [0.4, 0.5) is 5.82 Å². The fourth-order valence-corrected chi connectivity index (χ4v) is 5.43. The molecule has 34 heavy (non-hydrogen) atoms. The van der Waals surface area contributed by atoms with Gasteiger partial charge in [0.25, 0.3) is 5.56 Å². The van der Waals surface area contributed by atoms with Crippen molar-refractivity contribution in [3.05, 3.63) is 63.8 Å². The van der Waals surface area contributed by atoms with E-state index in [1.165, 1.54) is 5.39 Å². The minimum absolute atomic E-state index is 0.236. The summed E-state index contributed by atoms with van der Waals surface area (Å²) in [5.74, 6) is 2.10. The van der Waals surface area contributed by atoms with Crippen LogP contribution >= 0.6 is 0 Å². The van der Waals surface area contributed by atoms with Gasteiger partial charge in [-0.1, -0.05) is 25.1 Å². The molecule has 0 saturated carbocycles. The van der Waals surface area contributed by atoms with Gasteiger partial charge in [-0.3, -0.25) is 14.3 Å². The zero-order chi connectivity index (χ0) is 23.3. The molecule has 6 nitrogen and oxygen atoms in total. The monoisotopic (exact) mass is 459 g/mol. The van der Waals surface area contributed by atoms with Crippen LogP contribution in [0.1, 0.15) is 56.1 Å². The SMILES string of the molecule is CCCn1c(CCCCN2CCN(c3ccc4ccccc4n3)CC2)nc2c(c1=O)CCCC2. The van der Waals surface area contributed by atoms with Crippen LogP contribution < -0.4 is 10.5 Å². The van der Waals surface area contributed by atoms with Crippen molar-refractivity contribution in [2.24, 2.45) is 0 Å². The van der Waals surface area contributed by atoms with Gasteiger partial charge in [0, 0.05) is 50.1 Å². The van der Waals surface area contributed by atoms with E-state index < -0.39 is 0 Å². The van der Waals surface area contributed by atoms with Crippen molar-refractivity contribution in [1.29, 1.82) is 0 Å². The highest BCUT2D eigenvalue weighted by Crippen LogP contribution is 2.20. The molecular formula is C28H37N5O. The molecule has 0 spiro atoms. The van der Waals surface area contributed by atoms with Crippen LogP contribution in [0, 0.1) is 0 Å². The molecule has 0 atom stereocenters. The Bertz CT molecular complexity index is 1180. The summed E-state index contributed by atoms with van der Waals surface area (Å²) in [6.07, 6.45) is 8.28. The van der Waals surface area contributed by atoms with E-state index >= 15 is 0 Å². The van der Waals surface area contributed by atoms with Crippen molar-refractivity contribution in [2.45, 2.75) is 64.8 Å². The maximum Gasteiger partial charge on any atom is 0.256 e. The second kappa shape index (κ2) is 10.7. The molecule has 2 aromatic heterocycles. The lowest BCUT2D eigenvalue weighted by atomic mass is 9.97. The third kappa shape index (κ3) is 5.02. The standard InChI is InChI=1S/C28H37N5O/c1-2-16-33-27(30-25-12-6-4-10-23(25)28(33)34)13-7-8-17-31-18-20-32(21-19-31)26-15-14-22-9-3-5-11-24(22)29-26/h3,5,9,11,14-15H,2,4,6-8,10,12-13,16-21H2,1H3. The maximum absolute atomic E-state index is 13.0. The van der Waals surface area contributed by atoms with Gasteiger partial charge in [0.1, 0.15) is 11.6 Å². The molecule has 1 aromatic carbocycles. The molecule has 3 heterocycles. The molecule has 3 aromatic rings. The maximum atomic E-state index is 13.0. The first kappa shape index (κ1) is 23.0. The highest BCUT2D eigenvalue weighted by atomic mass is 16.1. The van der Waals surface area contributed by atoms with Crippen molar-refractivity contribution < 1.29 is 0 Å². The topological polar surface area (TPSA) is 54.3 Å². The van der Waals surface area contributed by atoms with E-state index in [2.05, 4.69) is 53.1 Å². The minimum Gasteiger partial charge on any atom is -0.354 e. The van der Waals surface area contributed by atoms with Crippen LogP contribution in [0.2, 0.25) is 0 Å². The van der Waals surface area contributed by atoms with Crippen molar-refractivity contribution in [3.63, 3.8) is 0 Å². The Morgan fingerprint density at radius 2 is 1.71 bits per heavy atom. The molecule has 0 unspecified atom stereocenters. The fraction of sp³-hybridized carbons (Fsp3) is 0.536. The number of nitrogens with zero attached hydrogens (tertiary/aromatic N) is 5. The first-order valence-electron chi connectivity index (χ1n) is 13.2. The summed E-state index contributed by atoms with van der Waals surface area (Å²) < 4.78 is 1.97. The molecule has 1 aliphatic carbocycles. The first-order valence-corrected chi connectivity index (χ1v) is 13.2. The van der Waals surface area contributed by atoms with Crippen LogP contribution in [0.5, 0.6) is 0 Å². The lowest BCUT2D eigenvalue weighted by molar-refractivity contribution is 0.252. The number of aryl methyl sites for hydroxylation is 2. The lowest BCUT2D eigenvalue weighted by Crippen LogP contribution is -2.46. The van der Waals surface area contributed by atoms with Gasteiger partial charge in [-0.2, -0.15) is 0 Å². The van der Waals surface area contributed by atoms with Crippen molar-refractivity contribution >= 4 is 16.7 Å². The molecule has 180 valence electrons. The van der Waals surface area contributed by atoms with Crippen molar-refractivity contribution in [2.75, 3.05) is 37.6 Å². The Labute approximate surface area is 202 Å². The predicted molar refractivity (Wildman–Crippen MR) is 139 cm³/mol. The van der Waals surface area contributed by atoms with E-state index in [-0.39, 0.29) is 5.56 Å². The number of benzene rings is 1. The Morgan fingerprint density at radius 1 is 0.882 bits per heavy atom. The second-order valence-electron chi connectivity index (χ2n) is 9.77. The summed E-state index contributed by atoms with van der Waals surface area (Å²) in [6.45, 7) is 8.24. The van der Waals surface area contributed by atoms with Gasteiger partial charge >= 0.3 is 0 Å². The second-order valence-corrected chi connectivity index (χ2v) is 9.77. The average molecular weight is 460 g/mol. The zero-order valence-electron chi connectivity index (χ0n) is 20.5. The molecule has 6 heteroatoms. The molecule has 0 bridgehead atoms. The average Bonchev–Trinajstić information content (AvgIpc) is 2.89. The summed E-state index contributed by atoms with van der Waals surface area (Å²) >= 11 is 0. The summed E-state index contributed by atoms with van der Waals surface area (Å²) in [7, 11) is 0. The zero-order valence-corrected chi connectivity index (χ0v) is 20.5. The molecule has 2 aliphatic rings. The number of hydrogen-bond donors (Lipinski definition) is 0. The third-order valence-electron chi connectivity index (χ3n) is 7.37. The Morgan fingerprint density at radius 3 is 2.56 bits per heavy atom. The molecule has 0 N–H and O–H groups in total. The molecule has 1 fully saturated rings. The molecule has 0 amide bonds. The minimum atomic E-state index is 0.236. The largest absolute Gasteiger partial charge is 0.354 e. The summed E-state index contributed by atoms with van der Waals surface area (Å²) in [5.41, 5.74) is 3.37. The van der Waals surface area contributed by atoms with Gasteiger partial charge in [0.05, 0.1) is 11.2 Å². The van der Waals surface area contributed by atoms with Crippen LogP contribution in [0.3, 0.4) is 0 Å². The number of anilines is 1. The molecule has 5 rings (SSSR count). The lowest BCUT2D eigenvalue weighted by Gasteiger charge is -2.35. The van der Waals surface area contributed by atoms with Gasteiger partial charge in [-0.05, 0) is 69.7 Å². The van der Waals surface area contributed by atoms with E-state index in [4.69, 9.17) is 9.97 Å². The summed E-state index contributed by atoms with van der Waals surface area (Å²) in [5, 5.41) is 1.20. The molecule has 1 aliphatic heterocycles. The van der Waals surface area contributed by atoms with Crippen LogP contribution in [-0.2, 0) is 25.8 Å². The quantitative estimate of drug-likeness (QED) is 0.472. The van der Waals surface area contributed by atoms with E-state index in [1.54, 1.807) is 0 Å². The number of pyridine rings is 1. The number of piperazine rings is 1. The smallest absolute Gasteiger partial charge is 0.256 e. The summed E-state index contributed by atoms with van der Waals surface area (Å²) in [6, 6.07) is 12.7. The van der Waals surface area contributed by atoms with E-state index in [0.29, 0.717) is 0 Å². The normalized spacial score (nSPS) is 16.7. The highest BCUT2D eigenvalue weighted by Gasteiger charge is 2.20. The molecule has 0 radical (unpaired) electrons. The number of fused-ring (bicyclic) bond motifs is 2. The third-order valence-corrected chi connectivity index (χ3v) is 7.37. The van der Waals surface area contributed by atoms with Gasteiger partial charge in [-0.15, -0.1) is 0 Å². The van der Waals surface area contributed by atoms with E-state index in [9.17, 15) is 4.79 Å². The highest BCUT2D eigenvalue weighted by molar-refractivity contribution is 5.80. The van der Waals surface area contributed by atoms with Gasteiger partial charge < -0.3 is 4.90 Å². The first-order chi connectivity index (χ1) is 16.7. The van der Waals surface area contributed by atoms with Crippen LogP contribution in [0.15, 0.2) is 41.2 Å². The fourth-order valence-electron chi connectivity index (χ4n) is 5.43. The van der Waals surface area contributed by atoms with Gasteiger partial charge in [0.15, 0.2) is 0 Å². The summed E-state index contributed by atoms with van der Waals surface area (Å²) in [4.78, 5) is 27.8. The van der Waals surface area contributed by atoms with Crippen LogP contribution in [-0.4, -0.2) is 52.2 Å². The Kier molecular flexibility index (Phi) is 7.24. The van der Waals surface area contributed by atoms with Crippen LogP contribution in [0.25, 0.3) is 10.9 Å². The predicted octanol–water partition coefficient (Wildman–Crippen LogP) is 4.23. The number of rotatable bonds is 8. The molecular weight excluding hydrogens is 422 g/mol. The van der Waals surface area contributed by atoms with Crippen molar-refractivity contribution in [3.8, 4) is 0 Å². The van der Waals surface area contributed by atoms with Gasteiger partial charge in [-0.25, -0.2) is 9.97 Å². The number of hydrogen-bond acceptors (Lipinski definition) is 5. The Hall–Kier alpha value is -2.73. The Balaban J connectivity index is 1.12. The van der Waals surface area contributed by atoms with E-state index in [0.717, 1.165) is 119 Å². The molecule has 1 saturated heterocycles. The van der Waals surface area contributed by atoms with E-state index in [1.807, 2.05) is 4.57 Å². The van der Waals surface area contributed by atoms with Gasteiger partial charge in [0.2, 0.25) is 0 Å².